The number of rotatable bonds is 3. The molecule has 100 valence electrons. The van der Waals surface area contributed by atoms with Crippen molar-refractivity contribution in [1.82, 2.24) is 0 Å². The normalized spacial score (nSPS) is 25.8. The van der Waals surface area contributed by atoms with Crippen LogP contribution in [0.3, 0.4) is 0 Å². The predicted octanol–water partition coefficient (Wildman–Crippen LogP) is 4.43. The van der Waals surface area contributed by atoms with Crippen LogP contribution in [0, 0.1) is 5.92 Å². The molecular formula is C15H22BrNO. The van der Waals surface area contributed by atoms with Crippen LogP contribution in [0.4, 0.5) is 0 Å². The van der Waals surface area contributed by atoms with E-state index < -0.39 is 0 Å². The predicted molar refractivity (Wildman–Crippen MR) is 78.8 cm³/mol. The smallest absolute Gasteiger partial charge is 0.120 e. The molecule has 0 aromatic heterocycles. The van der Waals surface area contributed by atoms with Gasteiger partial charge in [-0.2, -0.15) is 0 Å². The van der Waals surface area contributed by atoms with E-state index in [0.29, 0.717) is 12.0 Å². The van der Waals surface area contributed by atoms with Gasteiger partial charge in [-0.15, -0.1) is 0 Å². The van der Waals surface area contributed by atoms with Gasteiger partial charge in [-0.1, -0.05) is 35.3 Å². The molecule has 2 N–H and O–H groups in total. The zero-order valence-corrected chi connectivity index (χ0v) is 12.7. The number of ether oxygens (including phenoxy) is 1. The Morgan fingerprint density at radius 2 is 2.06 bits per heavy atom. The van der Waals surface area contributed by atoms with Crippen LogP contribution in [-0.4, -0.2) is 6.10 Å². The molecule has 18 heavy (non-hydrogen) atoms. The Morgan fingerprint density at radius 1 is 1.33 bits per heavy atom. The molecule has 0 amide bonds. The van der Waals surface area contributed by atoms with E-state index in [1.807, 2.05) is 19.1 Å². The van der Waals surface area contributed by atoms with Crippen molar-refractivity contribution < 1.29 is 4.74 Å². The lowest BCUT2D eigenvalue weighted by Crippen LogP contribution is -2.28. The number of hydrogen-bond acceptors (Lipinski definition) is 2. The summed E-state index contributed by atoms with van der Waals surface area (Å²) in [6.45, 7) is 4.28. The molecular weight excluding hydrogens is 290 g/mol. The molecule has 2 nitrogen and oxygen atoms in total. The van der Waals surface area contributed by atoms with E-state index in [0.717, 1.165) is 15.8 Å². The van der Waals surface area contributed by atoms with Crippen LogP contribution in [0.15, 0.2) is 22.7 Å². The molecule has 1 saturated carbocycles. The number of hydrogen-bond donors (Lipinski definition) is 1. The lowest BCUT2D eigenvalue weighted by atomic mass is 9.88. The van der Waals surface area contributed by atoms with Crippen LogP contribution < -0.4 is 10.5 Å². The SMILES string of the molecule is CC1CCCCC1Oc1ccc([C@H](C)N)c(Br)c1. The van der Waals surface area contributed by atoms with Crippen molar-refractivity contribution in [1.29, 1.82) is 0 Å². The van der Waals surface area contributed by atoms with Crippen molar-refractivity contribution in [2.75, 3.05) is 0 Å². The molecule has 2 rings (SSSR count). The second-order valence-electron chi connectivity index (χ2n) is 5.39. The van der Waals surface area contributed by atoms with Crippen molar-refractivity contribution in [3.8, 4) is 5.75 Å². The number of halogens is 1. The van der Waals surface area contributed by atoms with Gasteiger partial charge in [0.2, 0.25) is 0 Å². The van der Waals surface area contributed by atoms with E-state index in [4.69, 9.17) is 10.5 Å². The summed E-state index contributed by atoms with van der Waals surface area (Å²) in [7, 11) is 0. The highest BCUT2D eigenvalue weighted by atomic mass is 79.9. The van der Waals surface area contributed by atoms with Crippen LogP contribution >= 0.6 is 15.9 Å². The van der Waals surface area contributed by atoms with Gasteiger partial charge < -0.3 is 10.5 Å². The molecule has 0 heterocycles. The van der Waals surface area contributed by atoms with Gasteiger partial charge in [-0.25, -0.2) is 0 Å². The maximum absolute atomic E-state index is 6.11. The lowest BCUT2D eigenvalue weighted by Gasteiger charge is -2.29. The zero-order chi connectivity index (χ0) is 13.1. The van der Waals surface area contributed by atoms with Crippen LogP contribution in [0.1, 0.15) is 51.1 Å². The lowest BCUT2D eigenvalue weighted by molar-refractivity contribution is 0.102. The molecule has 1 aromatic rings. The van der Waals surface area contributed by atoms with Crippen LogP contribution in [-0.2, 0) is 0 Å². The van der Waals surface area contributed by atoms with Gasteiger partial charge in [0.25, 0.3) is 0 Å². The first-order chi connectivity index (χ1) is 8.58. The third kappa shape index (κ3) is 3.27. The fourth-order valence-corrected chi connectivity index (χ4v) is 3.30. The van der Waals surface area contributed by atoms with E-state index in [2.05, 4.69) is 28.9 Å². The Hall–Kier alpha value is -0.540. The first kappa shape index (κ1) is 13.9. The summed E-state index contributed by atoms with van der Waals surface area (Å²) in [6, 6.07) is 6.17. The Kier molecular flexibility index (Phi) is 4.68. The monoisotopic (exact) mass is 311 g/mol. The van der Waals surface area contributed by atoms with Gasteiger partial charge in [0.1, 0.15) is 11.9 Å². The first-order valence-corrected chi connectivity index (χ1v) is 7.59. The van der Waals surface area contributed by atoms with Crippen molar-refractivity contribution in [3.63, 3.8) is 0 Å². The van der Waals surface area contributed by atoms with Crippen molar-refractivity contribution in [3.05, 3.63) is 28.2 Å². The Labute approximate surface area is 118 Å². The Balaban J connectivity index is 2.07. The van der Waals surface area contributed by atoms with Crippen LogP contribution in [0.5, 0.6) is 5.75 Å². The molecule has 3 atom stereocenters. The highest BCUT2D eigenvalue weighted by Gasteiger charge is 2.23. The molecule has 1 aliphatic carbocycles. The average Bonchev–Trinajstić information content (AvgIpc) is 2.32. The molecule has 3 heteroatoms. The van der Waals surface area contributed by atoms with Gasteiger partial charge in [0.15, 0.2) is 0 Å². The van der Waals surface area contributed by atoms with Gasteiger partial charge in [0, 0.05) is 10.5 Å². The second kappa shape index (κ2) is 6.07. The molecule has 0 radical (unpaired) electrons. The van der Waals surface area contributed by atoms with Gasteiger partial charge in [0.05, 0.1) is 0 Å². The van der Waals surface area contributed by atoms with E-state index in [9.17, 15) is 0 Å². The third-order valence-electron chi connectivity index (χ3n) is 3.78. The van der Waals surface area contributed by atoms with Gasteiger partial charge in [-0.05, 0) is 49.8 Å². The van der Waals surface area contributed by atoms with Crippen molar-refractivity contribution in [2.24, 2.45) is 11.7 Å². The molecule has 1 aromatic carbocycles. The molecule has 0 aliphatic heterocycles. The first-order valence-electron chi connectivity index (χ1n) is 6.79. The average molecular weight is 312 g/mol. The highest BCUT2D eigenvalue weighted by Crippen LogP contribution is 2.31. The fourth-order valence-electron chi connectivity index (χ4n) is 2.58. The Morgan fingerprint density at radius 3 is 2.67 bits per heavy atom. The summed E-state index contributed by atoms with van der Waals surface area (Å²) < 4.78 is 7.15. The van der Waals surface area contributed by atoms with E-state index in [1.165, 1.54) is 25.7 Å². The maximum Gasteiger partial charge on any atom is 0.120 e. The van der Waals surface area contributed by atoms with Gasteiger partial charge in [-0.3, -0.25) is 0 Å². The van der Waals surface area contributed by atoms with E-state index >= 15 is 0 Å². The van der Waals surface area contributed by atoms with E-state index in [1.54, 1.807) is 0 Å². The summed E-state index contributed by atoms with van der Waals surface area (Å²) in [6.07, 6.45) is 5.45. The largest absolute Gasteiger partial charge is 0.490 e. The van der Waals surface area contributed by atoms with Crippen molar-refractivity contribution in [2.45, 2.75) is 51.7 Å². The number of benzene rings is 1. The molecule has 0 spiro atoms. The maximum atomic E-state index is 6.11. The summed E-state index contributed by atoms with van der Waals surface area (Å²) in [5.41, 5.74) is 7.02. The fraction of sp³-hybridized carbons (Fsp3) is 0.600. The molecule has 0 bridgehead atoms. The Bertz CT molecular complexity index is 405. The quantitative estimate of drug-likeness (QED) is 0.896. The molecule has 2 unspecified atom stereocenters. The number of nitrogens with two attached hydrogens (primary N) is 1. The minimum atomic E-state index is 0.0435. The zero-order valence-electron chi connectivity index (χ0n) is 11.2. The summed E-state index contributed by atoms with van der Waals surface area (Å²) in [5.74, 6) is 1.61. The molecule has 1 aliphatic rings. The second-order valence-corrected chi connectivity index (χ2v) is 6.24. The summed E-state index contributed by atoms with van der Waals surface area (Å²) >= 11 is 3.57. The summed E-state index contributed by atoms with van der Waals surface area (Å²) in [5, 5.41) is 0. The van der Waals surface area contributed by atoms with Gasteiger partial charge >= 0.3 is 0 Å². The topological polar surface area (TPSA) is 35.2 Å². The van der Waals surface area contributed by atoms with Crippen LogP contribution in [0.25, 0.3) is 0 Å². The third-order valence-corrected chi connectivity index (χ3v) is 4.47. The molecule has 1 fully saturated rings. The highest BCUT2D eigenvalue weighted by molar-refractivity contribution is 9.10. The summed E-state index contributed by atoms with van der Waals surface area (Å²) in [4.78, 5) is 0. The minimum Gasteiger partial charge on any atom is -0.490 e. The minimum absolute atomic E-state index is 0.0435. The van der Waals surface area contributed by atoms with Crippen molar-refractivity contribution >= 4 is 15.9 Å². The molecule has 0 saturated heterocycles. The van der Waals surface area contributed by atoms with Crippen LogP contribution in [0.2, 0.25) is 0 Å². The van der Waals surface area contributed by atoms with E-state index in [-0.39, 0.29) is 6.04 Å². The standard InChI is InChI=1S/C15H22BrNO/c1-10-5-3-4-6-15(10)18-12-7-8-13(11(2)17)14(16)9-12/h7-11,15H,3-6,17H2,1-2H3/t10?,11-,15?/m0/s1.